The Hall–Kier alpha value is -2.95. The lowest BCUT2D eigenvalue weighted by molar-refractivity contribution is -0.143. The number of benzene rings is 2. The van der Waals surface area contributed by atoms with Gasteiger partial charge in [-0.2, -0.15) is 26.3 Å². The molecule has 3 rings (SSSR count). The Kier molecular flexibility index (Phi) is 7.31. The van der Waals surface area contributed by atoms with Gasteiger partial charge in [0.2, 0.25) is 0 Å². The highest BCUT2D eigenvalue weighted by molar-refractivity contribution is 9.10. The van der Waals surface area contributed by atoms with Crippen LogP contribution in [0.1, 0.15) is 37.5 Å². The monoisotopic (exact) mass is 562 g/mol. The number of halogens is 7. The molecule has 0 unspecified atom stereocenters. The van der Waals surface area contributed by atoms with Gasteiger partial charge in [0.25, 0.3) is 0 Å². The van der Waals surface area contributed by atoms with Crippen molar-refractivity contribution in [2.45, 2.75) is 45.1 Å². The predicted octanol–water partition coefficient (Wildman–Crippen LogP) is 8.39. The molecule has 0 aliphatic carbocycles. The van der Waals surface area contributed by atoms with E-state index in [1.807, 2.05) is 13.8 Å². The molecule has 0 saturated carbocycles. The summed E-state index contributed by atoms with van der Waals surface area (Å²) in [5.41, 5.74) is -3.21. The average molecular weight is 563 g/mol. The predicted molar refractivity (Wildman–Crippen MR) is 124 cm³/mol. The zero-order valence-corrected chi connectivity index (χ0v) is 20.4. The maximum absolute atomic E-state index is 13.2. The molecule has 0 saturated heterocycles. The highest BCUT2D eigenvalue weighted by atomic mass is 79.9. The van der Waals surface area contributed by atoms with Gasteiger partial charge in [-0.3, -0.25) is 4.57 Å². The van der Waals surface area contributed by atoms with Crippen LogP contribution in [0.5, 0.6) is 0 Å². The summed E-state index contributed by atoms with van der Waals surface area (Å²) >= 11 is 3.38. The Morgan fingerprint density at radius 2 is 1.63 bits per heavy atom. The topological polar surface area (TPSA) is 43.3 Å². The van der Waals surface area contributed by atoms with Gasteiger partial charge in [0, 0.05) is 28.2 Å². The van der Waals surface area contributed by atoms with Crippen molar-refractivity contribution in [2.75, 3.05) is 5.32 Å². The van der Waals surface area contributed by atoms with Crippen LogP contribution in [0.15, 0.2) is 59.4 Å². The van der Waals surface area contributed by atoms with Crippen molar-refractivity contribution in [3.05, 3.63) is 76.1 Å². The summed E-state index contributed by atoms with van der Waals surface area (Å²) in [5, 5.41) is 2.84. The first-order valence-corrected chi connectivity index (χ1v) is 11.1. The maximum atomic E-state index is 13.2. The number of hydrogen-bond donors (Lipinski definition) is 1. The van der Waals surface area contributed by atoms with E-state index in [2.05, 4.69) is 21.2 Å². The number of carbonyl (C=O) groups excluding carboxylic acids is 1. The summed E-state index contributed by atoms with van der Waals surface area (Å²) in [4.78, 5) is 13.0. The van der Waals surface area contributed by atoms with Crippen LogP contribution in [-0.2, 0) is 23.5 Å². The molecule has 188 valence electrons. The van der Waals surface area contributed by atoms with Crippen LogP contribution < -0.4 is 5.32 Å². The van der Waals surface area contributed by atoms with Crippen molar-refractivity contribution in [2.24, 2.45) is 0 Å². The van der Waals surface area contributed by atoms with E-state index in [-0.39, 0.29) is 6.07 Å². The highest BCUT2D eigenvalue weighted by Gasteiger charge is 2.37. The lowest BCUT2D eigenvalue weighted by Crippen LogP contribution is -2.25. The minimum absolute atomic E-state index is 0.00315. The van der Waals surface area contributed by atoms with E-state index in [1.165, 1.54) is 12.5 Å². The lowest BCUT2D eigenvalue weighted by Gasteiger charge is -2.24. The number of rotatable bonds is 5. The SMILES string of the molecule is C/C=C\OC(C)(C)Cc1cn(C(=O)Nc2cc(C(F)(F)F)cc(C(F)(F)F)c2)c2ccc(Br)cc12. The fourth-order valence-electron chi connectivity index (χ4n) is 3.54. The number of amides is 1. The molecule has 0 spiro atoms. The summed E-state index contributed by atoms with van der Waals surface area (Å²) in [6.45, 7) is 5.48. The molecule has 1 aromatic heterocycles. The number of fused-ring (bicyclic) bond motifs is 1. The van der Waals surface area contributed by atoms with E-state index >= 15 is 0 Å². The molecule has 4 nitrogen and oxygen atoms in total. The molecule has 1 amide bonds. The second-order valence-electron chi connectivity index (χ2n) is 8.43. The Labute approximate surface area is 205 Å². The van der Waals surface area contributed by atoms with Gasteiger partial charge in [0.05, 0.1) is 22.9 Å². The van der Waals surface area contributed by atoms with Crippen LogP contribution in [0.4, 0.5) is 36.8 Å². The lowest BCUT2D eigenvalue weighted by atomic mass is 9.98. The zero-order valence-electron chi connectivity index (χ0n) is 18.8. The first-order valence-electron chi connectivity index (χ1n) is 10.3. The summed E-state index contributed by atoms with van der Waals surface area (Å²) in [7, 11) is 0. The maximum Gasteiger partial charge on any atom is 0.416 e. The third-order valence-corrected chi connectivity index (χ3v) is 5.54. The summed E-state index contributed by atoms with van der Waals surface area (Å²) in [5.74, 6) is 0. The second-order valence-corrected chi connectivity index (χ2v) is 9.35. The number of alkyl halides is 6. The van der Waals surface area contributed by atoms with Gasteiger partial charge in [-0.25, -0.2) is 4.79 Å². The molecular formula is C24H21BrF6N2O2. The summed E-state index contributed by atoms with van der Waals surface area (Å²) < 4.78 is 86.7. The number of anilines is 1. The van der Waals surface area contributed by atoms with E-state index in [9.17, 15) is 31.1 Å². The number of ether oxygens (including phenoxy) is 1. The third kappa shape index (κ3) is 6.39. The van der Waals surface area contributed by atoms with Crippen molar-refractivity contribution in [3.63, 3.8) is 0 Å². The molecule has 0 atom stereocenters. The van der Waals surface area contributed by atoms with Crippen molar-refractivity contribution >= 4 is 38.6 Å². The fourth-order valence-corrected chi connectivity index (χ4v) is 3.90. The van der Waals surface area contributed by atoms with Crippen molar-refractivity contribution in [1.82, 2.24) is 4.57 Å². The van der Waals surface area contributed by atoms with Crippen LogP contribution in [0.25, 0.3) is 10.9 Å². The number of aromatic nitrogens is 1. The Bertz CT molecular complexity index is 1240. The third-order valence-electron chi connectivity index (χ3n) is 5.05. The smallest absolute Gasteiger partial charge is 0.416 e. The van der Waals surface area contributed by atoms with Crippen molar-refractivity contribution in [1.29, 1.82) is 0 Å². The first kappa shape index (κ1) is 26.7. The number of nitrogens with one attached hydrogen (secondary N) is 1. The number of hydrogen-bond acceptors (Lipinski definition) is 2. The van der Waals surface area contributed by atoms with E-state index in [1.54, 1.807) is 31.2 Å². The zero-order chi connectivity index (χ0) is 26.2. The van der Waals surface area contributed by atoms with Crippen molar-refractivity contribution in [3.8, 4) is 0 Å². The molecule has 35 heavy (non-hydrogen) atoms. The average Bonchev–Trinajstić information content (AvgIpc) is 3.08. The minimum Gasteiger partial charge on any atom is -0.495 e. The molecule has 11 heteroatoms. The van der Waals surface area contributed by atoms with E-state index in [4.69, 9.17) is 4.74 Å². The van der Waals surface area contributed by atoms with Crippen LogP contribution in [0.2, 0.25) is 0 Å². The Morgan fingerprint density at radius 3 is 2.17 bits per heavy atom. The molecule has 0 aliphatic heterocycles. The van der Waals surface area contributed by atoms with E-state index in [0.717, 1.165) is 9.04 Å². The van der Waals surface area contributed by atoms with Gasteiger partial charge in [0.15, 0.2) is 0 Å². The van der Waals surface area contributed by atoms with Gasteiger partial charge in [-0.15, -0.1) is 0 Å². The number of carbonyl (C=O) groups is 1. The number of nitrogens with zero attached hydrogens (tertiary/aromatic N) is 1. The normalized spacial score (nSPS) is 13.0. The van der Waals surface area contributed by atoms with Gasteiger partial charge in [-0.05, 0) is 62.7 Å². The van der Waals surface area contributed by atoms with Crippen LogP contribution in [0, 0.1) is 0 Å². The minimum atomic E-state index is -5.03. The van der Waals surface area contributed by atoms with E-state index in [0.29, 0.717) is 35.0 Å². The van der Waals surface area contributed by atoms with Gasteiger partial charge in [0.1, 0.15) is 5.60 Å². The van der Waals surface area contributed by atoms with E-state index < -0.39 is 40.8 Å². The highest BCUT2D eigenvalue weighted by Crippen LogP contribution is 2.38. The van der Waals surface area contributed by atoms with Gasteiger partial charge < -0.3 is 10.1 Å². The van der Waals surface area contributed by atoms with Crippen LogP contribution in [0.3, 0.4) is 0 Å². The molecule has 0 fully saturated rings. The molecule has 1 N–H and O–H groups in total. The largest absolute Gasteiger partial charge is 0.495 e. The molecular weight excluding hydrogens is 542 g/mol. The quantitative estimate of drug-likeness (QED) is 0.250. The molecule has 3 aromatic rings. The van der Waals surface area contributed by atoms with Gasteiger partial charge >= 0.3 is 18.4 Å². The Morgan fingerprint density at radius 1 is 1.03 bits per heavy atom. The first-order chi connectivity index (χ1) is 16.1. The summed E-state index contributed by atoms with van der Waals surface area (Å²) in [6, 6.07) is 5.08. The molecule has 0 aliphatic rings. The molecule has 0 radical (unpaired) electrons. The summed E-state index contributed by atoms with van der Waals surface area (Å²) in [6.07, 6.45) is -4.94. The molecule has 0 bridgehead atoms. The standard InChI is InChI=1S/C24H21BrF6N2O2/c1-4-7-35-22(2,3)12-14-13-33(20-6-5-17(25)11-19(14)20)21(34)32-18-9-15(23(26,27)28)8-16(10-18)24(29,30)31/h4-11,13H,12H2,1-3H3,(H,32,34)/b7-4-. The molecule has 1 heterocycles. The number of allylic oxidation sites excluding steroid dienone is 1. The molecule has 2 aromatic carbocycles. The van der Waals surface area contributed by atoms with Crippen LogP contribution in [-0.4, -0.2) is 16.2 Å². The fraction of sp³-hybridized carbons (Fsp3) is 0.292. The Balaban J connectivity index is 2.03. The van der Waals surface area contributed by atoms with Crippen molar-refractivity contribution < 1.29 is 35.9 Å². The van der Waals surface area contributed by atoms with Gasteiger partial charge in [-0.1, -0.05) is 22.0 Å². The second kappa shape index (κ2) is 9.60. The van der Waals surface area contributed by atoms with Crippen LogP contribution >= 0.6 is 15.9 Å².